The van der Waals surface area contributed by atoms with Gasteiger partial charge >= 0.3 is 0 Å². The first-order valence-electron chi connectivity index (χ1n) is 11.9. The molecule has 1 aliphatic heterocycles. The van der Waals surface area contributed by atoms with Crippen LogP contribution in [0.15, 0.2) is 83.8 Å². The van der Waals surface area contributed by atoms with Crippen LogP contribution in [0.1, 0.15) is 36.0 Å². The summed E-state index contributed by atoms with van der Waals surface area (Å²) in [5.41, 5.74) is 0.968. The highest BCUT2D eigenvalue weighted by molar-refractivity contribution is 7.92. The Morgan fingerprint density at radius 1 is 0.833 bits per heavy atom. The number of carbonyl (C=O) groups is 2. The Hall–Kier alpha value is -3.72. The zero-order valence-electron chi connectivity index (χ0n) is 19.8. The van der Waals surface area contributed by atoms with E-state index in [2.05, 4.69) is 5.32 Å². The second kappa shape index (κ2) is 11.3. The molecule has 0 saturated carbocycles. The lowest BCUT2D eigenvalue weighted by Gasteiger charge is -2.25. The SMILES string of the molecule is O=C(CN(c1ccccc1)S(=O)(=O)c1ccc(F)cc1)Nc1ccccc1C(=O)N1CCCCCC1. The number of hydrogen-bond donors (Lipinski definition) is 1. The van der Waals surface area contributed by atoms with Gasteiger partial charge in [0.1, 0.15) is 12.4 Å². The summed E-state index contributed by atoms with van der Waals surface area (Å²) in [6.45, 7) is 0.799. The van der Waals surface area contributed by atoms with Crippen LogP contribution >= 0.6 is 0 Å². The van der Waals surface area contributed by atoms with E-state index in [0.717, 1.165) is 54.3 Å². The molecular weight excluding hydrogens is 481 g/mol. The fraction of sp³-hybridized carbons (Fsp3) is 0.259. The van der Waals surface area contributed by atoms with Crippen molar-refractivity contribution in [3.05, 3.63) is 90.2 Å². The Morgan fingerprint density at radius 2 is 1.44 bits per heavy atom. The van der Waals surface area contributed by atoms with E-state index >= 15 is 0 Å². The van der Waals surface area contributed by atoms with Crippen molar-refractivity contribution in [2.45, 2.75) is 30.6 Å². The van der Waals surface area contributed by atoms with Crippen LogP contribution in [0.2, 0.25) is 0 Å². The van der Waals surface area contributed by atoms with Gasteiger partial charge in [0.05, 0.1) is 21.8 Å². The lowest BCUT2D eigenvalue weighted by Crippen LogP contribution is -2.38. The van der Waals surface area contributed by atoms with Crippen molar-refractivity contribution in [1.82, 2.24) is 4.90 Å². The first kappa shape index (κ1) is 25.4. The van der Waals surface area contributed by atoms with Gasteiger partial charge in [-0.15, -0.1) is 0 Å². The van der Waals surface area contributed by atoms with Crippen molar-refractivity contribution in [2.24, 2.45) is 0 Å². The van der Waals surface area contributed by atoms with Crippen LogP contribution in [0.25, 0.3) is 0 Å². The van der Waals surface area contributed by atoms with Crippen LogP contribution in [0.4, 0.5) is 15.8 Å². The zero-order valence-corrected chi connectivity index (χ0v) is 20.6. The second-order valence-electron chi connectivity index (χ2n) is 8.60. The minimum Gasteiger partial charge on any atom is -0.339 e. The van der Waals surface area contributed by atoms with Gasteiger partial charge < -0.3 is 10.2 Å². The quantitative estimate of drug-likeness (QED) is 0.501. The Kier molecular flexibility index (Phi) is 8.00. The van der Waals surface area contributed by atoms with Crippen LogP contribution < -0.4 is 9.62 Å². The molecule has 2 amide bonds. The summed E-state index contributed by atoms with van der Waals surface area (Å²) in [7, 11) is -4.18. The molecule has 1 fully saturated rings. The van der Waals surface area contributed by atoms with Crippen molar-refractivity contribution in [3.8, 4) is 0 Å². The van der Waals surface area contributed by atoms with Gasteiger partial charge in [-0.3, -0.25) is 13.9 Å². The predicted octanol–water partition coefficient (Wildman–Crippen LogP) is 4.68. The average Bonchev–Trinajstić information content (AvgIpc) is 3.18. The van der Waals surface area contributed by atoms with Gasteiger partial charge in [-0.2, -0.15) is 0 Å². The largest absolute Gasteiger partial charge is 0.339 e. The van der Waals surface area contributed by atoms with Crippen LogP contribution in [0.3, 0.4) is 0 Å². The molecule has 3 aromatic carbocycles. The predicted molar refractivity (Wildman–Crippen MR) is 137 cm³/mol. The number of nitrogens with zero attached hydrogens (tertiary/aromatic N) is 2. The number of anilines is 2. The van der Waals surface area contributed by atoms with Gasteiger partial charge in [0.2, 0.25) is 5.91 Å². The van der Waals surface area contributed by atoms with E-state index in [0.29, 0.717) is 24.3 Å². The number of carbonyl (C=O) groups excluding carboxylic acids is 2. The van der Waals surface area contributed by atoms with E-state index < -0.39 is 28.3 Å². The molecule has 36 heavy (non-hydrogen) atoms. The summed E-state index contributed by atoms with van der Waals surface area (Å²) in [6, 6.07) is 19.4. The number of nitrogens with one attached hydrogen (secondary N) is 1. The maximum absolute atomic E-state index is 13.4. The molecule has 0 aliphatic carbocycles. The minimum atomic E-state index is -4.18. The molecule has 1 aliphatic rings. The van der Waals surface area contributed by atoms with Crippen LogP contribution in [0, 0.1) is 5.82 Å². The molecule has 1 N–H and O–H groups in total. The van der Waals surface area contributed by atoms with Gasteiger partial charge in [0.15, 0.2) is 0 Å². The lowest BCUT2D eigenvalue weighted by atomic mass is 10.1. The lowest BCUT2D eigenvalue weighted by molar-refractivity contribution is -0.114. The van der Waals surface area contributed by atoms with Gasteiger partial charge in [-0.1, -0.05) is 43.2 Å². The number of amides is 2. The molecule has 188 valence electrons. The molecule has 0 spiro atoms. The molecule has 1 heterocycles. The summed E-state index contributed by atoms with van der Waals surface area (Å²) >= 11 is 0. The fourth-order valence-electron chi connectivity index (χ4n) is 4.19. The van der Waals surface area contributed by atoms with Crippen molar-refractivity contribution >= 4 is 33.2 Å². The fourth-order valence-corrected chi connectivity index (χ4v) is 5.61. The first-order chi connectivity index (χ1) is 17.4. The molecule has 0 atom stereocenters. The van der Waals surface area contributed by atoms with Crippen molar-refractivity contribution in [1.29, 1.82) is 0 Å². The van der Waals surface area contributed by atoms with E-state index in [9.17, 15) is 22.4 Å². The number of hydrogen-bond acceptors (Lipinski definition) is 4. The van der Waals surface area contributed by atoms with Crippen LogP contribution in [-0.2, 0) is 14.8 Å². The Balaban J connectivity index is 1.59. The monoisotopic (exact) mass is 509 g/mol. The Morgan fingerprint density at radius 3 is 2.11 bits per heavy atom. The standard InChI is InChI=1S/C27H28FN3O4S/c28-21-14-16-23(17-15-21)36(34,35)31(22-10-4-3-5-11-22)20-26(32)29-25-13-7-6-12-24(25)27(33)30-18-8-1-2-9-19-30/h3-7,10-17H,1-2,8-9,18-20H2,(H,29,32). The van der Waals surface area contributed by atoms with E-state index in [1.54, 1.807) is 59.5 Å². The number of rotatable bonds is 7. The summed E-state index contributed by atoms with van der Waals surface area (Å²) in [5, 5.41) is 2.73. The Labute approximate surface area is 210 Å². The number of halogens is 1. The zero-order chi connectivity index (χ0) is 25.5. The van der Waals surface area contributed by atoms with Crippen LogP contribution in [0.5, 0.6) is 0 Å². The Bertz CT molecular complexity index is 1310. The number of likely N-dealkylation sites (tertiary alicyclic amines) is 1. The molecule has 1 saturated heterocycles. The average molecular weight is 510 g/mol. The third-order valence-electron chi connectivity index (χ3n) is 6.06. The van der Waals surface area contributed by atoms with Gasteiger partial charge in [0, 0.05) is 13.1 Å². The third kappa shape index (κ3) is 5.91. The summed E-state index contributed by atoms with van der Waals surface area (Å²) in [6.07, 6.45) is 4.04. The highest BCUT2D eigenvalue weighted by atomic mass is 32.2. The van der Waals surface area contributed by atoms with Crippen LogP contribution in [-0.4, -0.2) is 44.8 Å². The maximum atomic E-state index is 13.4. The highest BCUT2D eigenvalue weighted by Gasteiger charge is 2.28. The number of para-hydroxylation sites is 2. The molecule has 0 radical (unpaired) electrons. The molecule has 9 heteroatoms. The molecule has 0 aromatic heterocycles. The molecule has 3 aromatic rings. The van der Waals surface area contributed by atoms with E-state index in [1.807, 2.05) is 0 Å². The maximum Gasteiger partial charge on any atom is 0.264 e. The smallest absolute Gasteiger partial charge is 0.264 e. The normalized spacial score (nSPS) is 14.1. The second-order valence-corrected chi connectivity index (χ2v) is 10.5. The molecule has 0 unspecified atom stereocenters. The summed E-state index contributed by atoms with van der Waals surface area (Å²) in [4.78, 5) is 28.0. The van der Waals surface area contributed by atoms with Gasteiger partial charge in [0.25, 0.3) is 15.9 Å². The van der Waals surface area contributed by atoms with Gasteiger partial charge in [-0.05, 0) is 61.4 Å². The topological polar surface area (TPSA) is 86.8 Å². The number of benzene rings is 3. The van der Waals surface area contributed by atoms with Crippen molar-refractivity contribution in [2.75, 3.05) is 29.3 Å². The minimum absolute atomic E-state index is 0.141. The highest BCUT2D eigenvalue weighted by Crippen LogP contribution is 2.25. The van der Waals surface area contributed by atoms with E-state index in [-0.39, 0.29) is 16.5 Å². The van der Waals surface area contributed by atoms with Crippen molar-refractivity contribution in [3.63, 3.8) is 0 Å². The summed E-state index contributed by atoms with van der Waals surface area (Å²) < 4.78 is 41.2. The molecule has 0 bridgehead atoms. The molecule has 7 nitrogen and oxygen atoms in total. The van der Waals surface area contributed by atoms with Gasteiger partial charge in [-0.25, -0.2) is 12.8 Å². The van der Waals surface area contributed by atoms with Crippen molar-refractivity contribution < 1.29 is 22.4 Å². The summed E-state index contributed by atoms with van der Waals surface area (Å²) in [5.74, 6) is -1.34. The molecule has 4 rings (SSSR count). The third-order valence-corrected chi connectivity index (χ3v) is 7.85. The van der Waals surface area contributed by atoms with E-state index in [4.69, 9.17) is 0 Å². The molecular formula is C27H28FN3O4S. The van der Waals surface area contributed by atoms with E-state index in [1.165, 1.54) is 0 Å². The number of sulfonamides is 1. The first-order valence-corrected chi connectivity index (χ1v) is 13.3.